The zero-order valence-electron chi connectivity index (χ0n) is 11.3. The van der Waals surface area contributed by atoms with Gasteiger partial charge in [0, 0.05) is 6.04 Å². The topological polar surface area (TPSA) is 35.2 Å². The predicted octanol–water partition coefficient (Wildman–Crippen LogP) is 3.71. The van der Waals surface area contributed by atoms with Crippen molar-refractivity contribution < 1.29 is 4.74 Å². The van der Waals surface area contributed by atoms with Crippen LogP contribution < -0.4 is 10.5 Å². The van der Waals surface area contributed by atoms with Gasteiger partial charge in [0.1, 0.15) is 5.75 Å². The van der Waals surface area contributed by atoms with Crippen molar-refractivity contribution in [1.82, 2.24) is 0 Å². The molecule has 2 nitrogen and oxygen atoms in total. The highest BCUT2D eigenvalue weighted by atomic mass is 16.5. The minimum atomic E-state index is 0.306. The van der Waals surface area contributed by atoms with Crippen molar-refractivity contribution in [2.75, 3.05) is 6.61 Å². The molecule has 1 atom stereocenters. The summed E-state index contributed by atoms with van der Waals surface area (Å²) in [6.45, 7) is 7.23. The predicted molar refractivity (Wildman–Crippen MR) is 73.5 cm³/mol. The minimum absolute atomic E-state index is 0.306. The lowest BCUT2D eigenvalue weighted by atomic mass is 10.0. The monoisotopic (exact) mass is 235 g/mol. The zero-order chi connectivity index (χ0) is 12.7. The van der Waals surface area contributed by atoms with Crippen LogP contribution in [-0.2, 0) is 0 Å². The van der Waals surface area contributed by atoms with Crippen LogP contribution in [0.15, 0.2) is 24.3 Å². The zero-order valence-corrected chi connectivity index (χ0v) is 11.3. The SMILES string of the molecule is CC(N)CCCCOc1ccc(C(C)C)cc1. The Kier molecular flexibility index (Phi) is 6.06. The normalized spacial score (nSPS) is 12.8. The number of nitrogens with two attached hydrogens (primary N) is 1. The number of rotatable bonds is 7. The van der Waals surface area contributed by atoms with E-state index < -0.39 is 0 Å². The van der Waals surface area contributed by atoms with Crippen LogP contribution in [0.25, 0.3) is 0 Å². The molecular weight excluding hydrogens is 210 g/mol. The van der Waals surface area contributed by atoms with Crippen molar-refractivity contribution in [3.8, 4) is 5.75 Å². The van der Waals surface area contributed by atoms with Gasteiger partial charge >= 0.3 is 0 Å². The third-order valence-corrected chi connectivity index (χ3v) is 2.87. The first-order valence-electron chi connectivity index (χ1n) is 6.58. The van der Waals surface area contributed by atoms with Gasteiger partial charge in [-0.2, -0.15) is 0 Å². The molecule has 0 saturated carbocycles. The molecule has 0 aliphatic heterocycles. The molecule has 1 aromatic carbocycles. The lowest BCUT2D eigenvalue weighted by molar-refractivity contribution is 0.303. The molecule has 1 aromatic rings. The Morgan fingerprint density at radius 1 is 1.06 bits per heavy atom. The number of ether oxygens (including phenoxy) is 1. The van der Waals surface area contributed by atoms with Crippen LogP contribution in [0, 0.1) is 0 Å². The van der Waals surface area contributed by atoms with E-state index in [0.29, 0.717) is 12.0 Å². The largest absolute Gasteiger partial charge is 0.494 e. The molecule has 0 aliphatic carbocycles. The Labute approximate surface area is 105 Å². The standard InChI is InChI=1S/C15H25NO/c1-12(2)14-7-9-15(10-8-14)17-11-5-4-6-13(3)16/h7-10,12-13H,4-6,11,16H2,1-3H3. The molecule has 0 radical (unpaired) electrons. The van der Waals surface area contributed by atoms with Gasteiger partial charge in [-0.15, -0.1) is 0 Å². The Morgan fingerprint density at radius 2 is 1.71 bits per heavy atom. The maximum Gasteiger partial charge on any atom is 0.119 e. The Bertz CT molecular complexity index is 303. The average molecular weight is 235 g/mol. The number of hydrogen-bond donors (Lipinski definition) is 1. The van der Waals surface area contributed by atoms with Crippen LogP contribution in [0.2, 0.25) is 0 Å². The molecule has 0 heterocycles. The number of benzene rings is 1. The summed E-state index contributed by atoms with van der Waals surface area (Å²) in [7, 11) is 0. The highest BCUT2D eigenvalue weighted by Crippen LogP contribution is 2.18. The molecule has 2 N–H and O–H groups in total. The summed E-state index contributed by atoms with van der Waals surface area (Å²) in [4.78, 5) is 0. The van der Waals surface area contributed by atoms with Gasteiger partial charge in [-0.3, -0.25) is 0 Å². The molecule has 96 valence electrons. The van der Waals surface area contributed by atoms with E-state index in [0.717, 1.165) is 31.6 Å². The molecule has 0 bridgehead atoms. The van der Waals surface area contributed by atoms with Crippen molar-refractivity contribution in [2.45, 2.75) is 52.0 Å². The molecule has 0 spiro atoms. The van der Waals surface area contributed by atoms with Gasteiger partial charge < -0.3 is 10.5 Å². The van der Waals surface area contributed by atoms with E-state index in [2.05, 4.69) is 38.1 Å². The summed E-state index contributed by atoms with van der Waals surface area (Å²) in [5.41, 5.74) is 7.05. The smallest absolute Gasteiger partial charge is 0.119 e. The van der Waals surface area contributed by atoms with E-state index in [9.17, 15) is 0 Å². The lowest BCUT2D eigenvalue weighted by Crippen LogP contribution is -2.14. The molecule has 2 heteroatoms. The fourth-order valence-electron chi connectivity index (χ4n) is 1.71. The Hall–Kier alpha value is -1.02. The van der Waals surface area contributed by atoms with Crippen molar-refractivity contribution in [2.24, 2.45) is 5.73 Å². The van der Waals surface area contributed by atoms with Crippen LogP contribution in [-0.4, -0.2) is 12.6 Å². The molecule has 0 aromatic heterocycles. The van der Waals surface area contributed by atoms with Gasteiger partial charge in [-0.25, -0.2) is 0 Å². The average Bonchev–Trinajstić information content (AvgIpc) is 2.29. The van der Waals surface area contributed by atoms with Crippen molar-refractivity contribution in [1.29, 1.82) is 0 Å². The Balaban J connectivity index is 2.23. The van der Waals surface area contributed by atoms with E-state index in [1.807, 2.05) is 6.92 Å². The van der Waals surface area contributed by atoms with Crippen LogP contribution >= 0.6 is 0 Å². The fourth-order valence-corrected chi connectivity index (χ4v) is 1.71. The molecule has 0 aliphatic rings. The van der Waals surface area contributed by atoms with Crippen LogP contribution in [0.5, 0.6) is 5.75 Å². The second kappa shape index (κ2) is 7.33. The first-order chi connectivity index (χ1) is 8.09. The van der Waals surface area contributed by atoms with Crippen LogP contribution in [0.3, 0.4) is 0 Å². The first-order valence-corrected chi connectivity index (χ1v) is 6.58. The number of hydrogen-bond acceptors (Lipinski definition) is 2. The summed E-state index contributed by atoms with van der Waals surface area (Å²) in [5, 5.41) is 0. The van der Waals surface area contributed by atoms with Crippen LogP contribution in [0.1, 0.15) is 51.5 Å². The molecule has 0 amide bonds. The van der Waals surface area contributed by atoms with E-state index in [4.69, 9.17) is 10.5 Å². The van der Waals surface area contributed by atoms with Crippen molar-refractivity contribution >= 4 is 0 Å². The summed E-state index contributed by atoms with van der Waals surface area (Å²) in [5.74, 6) is 1.55. The fraction of sp³-hybridized carbons (Fsp3) is 0.600. The molecule has 1 unspecified atom stereocenters. The second-order valence-corrected chi connectivity index (χ2v) is 5.05. The van der Waals surface area contributed by atoms with Gasteiger partial charge in [-0.1, -0.05) is 26.0 Å². The summed E-state index contributed by atoms with van der Waals surface area (Å²) in [6, 6.07) is 8.70. The van der Waals surface area contributed by atoms with E-state index in [1.54, 1.807) is 0 Å². The van der Waals surface area contributed by atoms with Gasteiger partial charge in [-0.05, 0) is 49.8 Å². The van der Waals surface area contributed by atoms with Crippen molar-refractivity contribution in [3.63, 3.8) is 0 Å². The van der Waals surface area contributed by atoms with Crippen LogP contribution in [0.4, 0.5) is 0 Å². The summed E-state index contributed by atoms with van der Waals surface area (Å²) >= 11 is 0. The first kappa shape index (κ1) is 14.0. The van der Waals surface area contributed by atoms with Crippen molar-refractivity contribution in [3.05, 3.63) is 29.8 Å². The maximum atomic E-state index is 5.69. The lowest BCUT2D eigenvalue weighted by Gasteiger charge is -2.09. The molecule has 0 saturated heterocycles. The molecule has 1 rings (SSSR count). The van der Waals surface area contributed by atoms with E-state index in [-0.39, 0.29) is 0 Å². The molecular formula is C15H25NO. The van der Waals surface area contributed by atoms with Gasteiger partial charge in [0.2, 0.25) is 0 Å². The molecule has 17 heavy (non-hydrogen) atoms. The second-order valence-electron chi connectivity index (χ2n) is 5.05. The Morgan fingerprint density at radius 3 is 2.24 bits per heavy atom. The van der Waals surface area contributed by atoms with E-state index in [1.165, 1.54) is 5.56 Å². The minimum Gasteiger partial charge on any atom is -0.494 e. The van der Waals surface area contributed by atoms with Gasteiger partial charge in [0.05, 0.1) is 6.61 Å². The molecule has 0 fully saturated rings. The number of unbranched alkanes of at least 4 members (excludes halogenated alkanes) is 1. The van der Waals surface area contributed by atoms with Gasteiger partial charge in [0.25, 0.3) is 0 Å². The maximum absolute atomic E-state index is 5.69. The third-order valence-electron chi connectivity index (χ3n) is 2.87. The summed E-state index contributed by atoms with van der Waals surface area (Å²) in [6.07, 6.45) is 3.30. The third kappa shape index (κ3) is 5.73. The summed E-state index contributed by atoms with van der Waals surface area (Å²) < 4.78 is 5.68. The highest BCUT2D eigenvalue weighted by molar-refractivity contribution is 5.28. The van der Waals surface area contributed by atoms with E-state index >= 15 is 0 Å². The quantitative estimate of drug-likeness (QED) is 0.731. The van der Waals surface area contributed by atoms with Gasteiger partial charge in [0.15, 0.2) is 0 Å². The highest BCUT2D eigenvalue weighted by Gasteiger charge is 1.99.